The van der Waals surface area contributed by atoms with Gasteiger partial charge < -0.3 is 10.6 Å². The van der Waals surface area contributed by atoms with Crippen LogP contribution in [0.25, 0.3) is 0 Å². The first-order chi connectivity index (χ1) is 7.04. The number of benzene rings is 1. The molecule has 1 aromatic rings. The van der Waals surface area contributed by atoms with Crippen molar-refractivity contribution < 1.29 is 0 Å². The topological polar surface area (TPSA) is 29.3 Å². The average Bonchev–Trinajstić information content (AvgIpc) is 2.16. The number of nitrogens with zero attached hydrogens (tertiary/aromatic N) is 1. The van der Waals surface area contributed by atoms with Crippen LogP contribution in [0.3, 0.4) is 0 Å². The Morgan fingerprint density at radius 1 is 1.40 bits per heavy atom. The van der Waals surface area contributed by atoms with Gasteiger partial charge in [-0.1, -0.05) is 31.5 Å². The van der Waals surface area contributed by atoms with Crippen LogP contribution in [-0.4, -0.2) is 13.6 Å². The van der Waals surface area contributed by atoms with E-state index in [2.05, 4.69) is 25.8 Å². The van der Waals surface area contributed by atoms with E-state index in [-0.39, 0.29) is 0 Å². The van der Waals surface area contributed by atoms with Gasteiger partial charge in [-0.05, 0) is 23.6 Å². The van der Waals surface area contributed by atoms with Crippen LogP contribution in [0.15, 0.2) is 18.2 Å². The van der Waals surface area contributed by atoms with Crippen molar-refractivity contribution in [3.8, 4) is 0 Å². The maximum absolute atomic E-state index is 5.99. The molecule has 2 N–H and O–H groups in total. The summed E-state index contributed by atoms with van der Waals surface area (Å²) in [7, 11) is 2.07. The summed E-state index contributed by atoms with van der Waals surface area (Å²) in [5.74, 6) is 0.625. The van der Waals surface area contributed by atoms with Crippen LogP contribution in [0.1, 0.15) is 19.4 Å². The first kappa shape index (κ1) is 12.3. The van der Waals surface area contributed by atoms with Gasteiger partial charge in [-0.3, -0.25) is 0 Å². The fourth-order valence-corrected chi connectivity index (χ4v) is 1.88. The monoisotopic (exact) mass is 226 g/mol. The van der Waals surface area contributed by atoms with Crippen molar-refractivity contribution in [3.63, 3.8) is 0 Å². The molecule has 0 aliphatic carbocycles. The highest BCUT2D eigenvalue weighted by molar-refractivity contribution is 6.30. The fourth-order valence-electron chi connectivity index (χ4n) is 1.71. The standard InChI is InChI=1S/C12H19ClN2/c1-9(2)8-15(3)12-6-11(13)5-4-10(12)7-14/h4-6,9H,7-8,14H2,1-3H3. The normalized spacial score (nSPS) is 10.8. The molecule has 0 atom stereocenters. The Hall–Kier alpha value is -0.730. The summed E-state index contributed by atoms with van der Waals surface area (Å²) in [5.41, 5.74) is 7.98. The summed E-state index contributed by atoms with van der Waals surface area (Å²) < 4.78 is 0. The van der Waals surface area contributed by atoms with Gasteiger partial charge in [0, 0.05) is 30.8 Å². The summed E-state index contributed by atoms with van der Waals surface area (Å²) in [4.78, 5) is 2.21. The smallest absolute Gasteiger partial charge is 0.0426 e. The number of anilines is 1. The molecule has 1 aromatic carbocycles. The summed E-state index contributed by atoms with van der Waals surface area (Å²) in [5, 5.41) is 0.762. The van der Waals surface area contributed by atoms with E-state index in [1.54, 1.807) is 0 Å². The molecule has 0 saturated carbocycles. The molecule has 0 heterocycles. The van der Waals surface area contributed by atoms with E-state index in [9.17, 15) is 0 Å². The lowest BCUT2D eigenvalue weighted by Gasteiger charge is -2.24. The molecule has 0 saturated heterocycles. The second-order valence-electron chi connectivity index (χ2n) is 4.25. The second kappa shape index (κ2) is 5.38. The third kappa shape index (κ3) is 3.40. The zero-order chi connectivity index (χ0) is 11.4. The molecule has 0 fully saturated rings. The molecule has 0 unspecified atom stereocenters. The van der Waals surface area contributed by atoms with Gasteiger partial charge in [0.2, 0.25) is 0 Å². The van der Waals surface area contributed by atoms with Crippen LogP contribution in [-0.2, 0) is 6.54 Å². The predicted octanol–water partition coefficient (Wildman–Crippen LogP) is 2.89. The summed E-state index contributed by atoms with van der Waals surface area (Å²) in [6.45, 7) is 5.95. The summed E-state index contributed by atoms with van der Waals surface area (Å²) >= 11 is 5.99. The van der Waals surface area contributed by atoms with Gasteiger partial charge in [-0.15, -0.1) is 0 Å². The van der Waals surface area contributed by atoms with Gasteiger partial charge in [-0.25, -0.2) is 0 Å². The van der Waals surface area contributed by atoms with E-state index in [0.29, 0.717) is 12.5 Å². The molecule has 0 spiro atoms. The number of nitrogens with two attached hydrogens (primary N) is 1. The van der Waals surface area contributed by atoms with E-state index in [1.807, 2.05) is 18.2 Å². The highest BCUT2D eigenvalue weighted by Gasteiger charge is 2.08. The molecule has 0 aliphatic heterocycles. The Bertz CT molecular complexity index is 323. The summed E-state index contributed by atoms with van der Waals surface area (Å²) in [6.07, 6.45) is 0. The van der Waals surface area contributed by atoms with E-state index < -0.39 is 0 Å². The third-order valence-electron chi connectivity index (χ3n) is 2.32. The van der Waals surface area contributed by atoms with Gasteiger partial charge in [-0.2, -0.15) is 0 Å². The van der Waals surface area contributed by atoms with Gasteiger partial charge >= 0.3 is 0 Å². The summed E-state index contributed by atoms with van der Waals surface area (Å²) in [6, 6.07) is 5.86. The van der Waals surface area contributed by atoms with E-state index in [1.165, 1.54) is 0 Å². The molecule has 15 heavy (non-hydrogen) atoms. The lowest BCUT2D eigenvalue weighted by molar-refractivity contribution is 0.637. The molecule has 84 valence electrons. The van der Waals surface area contributed by atoms with Crippen molar-refractivity contribution in [1.82, 2.24) is 0 Å². The lowest BCUT2D eigenvalue weighted by Crippen LogP contribution is -2.24. The minimum absolute atomic E-state index is 0.551. The van der Waals surface area contributed by atoms with E-state index in [4.69, 9.17) is 17.3 Å². The van der Waals surface area contributed by atoms with Crippen LogP contribution in [0.4, 0.5) is 5.69 Å². The number of rotatable bonds is 4. The molecule has 0 bridgehead atoms. The fraction of sp³-hybridized carbons (Fsp3) is 0.500. The Morgan fingerprint density at radius 2 is 2.07 bits per heavy atom. The average molecular weight is 227 g/mol. The lowest BCUT2D eigenvalue weighted by atomic mass is 10.1. The minimum Gasteiger partial charge on any atom is -0.374 e. The van der Waals surface area contributed by atoms with Crippen LogP contribution >= 0.6 is 11.6 Å². The molecule has 0 amide bonds. The molecular formula is C12H19ClN2. The molecule has 3 heteroatoms. The van der Waals surface area contributed by atoms with Crippen molar-refractivity contribution in [2.24, 2.45) is 11.7 Å². The molecule has 1 rings (SSSR count). The van der Waals surface area contributed by atoms with Gasteiger partial charge in [0.15, 0.2) is 0 Å². The highest BCUT2D eigenvalue weighted by atomic mass is 35.5. The van der Waals surface area contributed by atoms with E-state index in [0.717, 1.165) is 22.8 Å². The van der Waals surface area contributed by atoms with Crippen molar-refractivity contribution in [2.45, 2.75) is 20.4 Å². The van der Waals surface area contributed by atoms with Crippen molar-refractivity contribution in [3.05, 3.63) is 28.8 Å². The van der Waals surface area contributed by atoms with Crippen LogP contribution in [0, 0.1) is 5.92 Å². The van der Waals surface area contributed by atoms with E-state index >= 15 is 0 Å². The SMILES string of the molecule is CC(C)CN(C)c1cc(Cl)ccc1CN. The maximum Gasteiger partial charge on any atom is 0.0426 e. The predicted molar refractivity (Wildman–Crippen MR) is 67.5 cm³/mol. The number of halogens is 1. The molecule has 0 aromatic heterocycles. The van der Waals surface area contributed by atoms with Gasteiger partial charge in [0.1, 0.15) is 0 Å². The second-order valence-corrected chi connectivity index (χ2v) is 4.69. The Labute approximate surface area is 97.0 Å². The highest BCUT2D eigenvalue weighted by Crippen LogP contribution is 2.24. The van der Waals surface area contributed by atoms with Crippen LogP contribution in [0.5, 0.6) is 0 Å². The number of hydrogen-bond donors (Lipinski definition) is 1. The first-order valence-electron chi connectivity index (χ1n) is 5.24. The Morgan fingerprint density at radius 3 is 2.60 bits per heavy atom. The van der Waals surface area contributed by atoms with Crippen molar-refractivity contribution in [2.75, 3.05) is 18.5 Å². The zero-order valence-corrected chi connectivity index (χ0v) is 10.4. The molecule has 2 nitrogen and oxygen atoms in total. The molecule has 0 aliphatic rings. The Balaban J connectivity index is 2.94. The Kier molecular flexibility index (Phi) is 4.43. The van der Waals surface area contributed by atoms with Crippen molar-refractivity contribution in [1.29, 1.82) is 0 Å². The maximum atomic E-state index is 5.99. The largest absolute Gasteiger partial charge is 0.374 e. The van der Waals surface area contributed by atoms with Crippen molar-refractivity contribution >= 4 is 17.3 Å². The van der Waals surface area contributed by atoms with Crippen LogP contribution in [0.2, 0.25) is 5.02 Å². The molecule has 0 radical (unpaired) electrons. The third-order valence-corrected chi connectivity index (χ3v) is 2.55. The minimum atomic E-state index is 0.551. The quantitative estimate of drug-likeness (QED) is 0.856. The molecular weight excluding hydrogens is 208 g/mol. The van der Waals surface area contributed by atoms with Crippen LogP contribution < -0.4 is 10.6 Å². The van der Waals surface area contributed by atoms with Gasteiger partial charge in [0.05, 0.1) is 0 Å². The number of hydrogen-bond acceptors (Lipinski definition) is 2. The zero-order valence-electron chi connectivity index (χ0n) is 9.63. The van der Waals surface area contributed by atoms with Gasteiger partial charge in [0.25, 0.3) is 0 Å². The first-order valence-corrected chi connectivity index (χ1v) is 5.62.